The molecule has 0 saturated carbocycles. The first-order valence-electron chi connectivity index (χ1n) is 6.00. The van der Waals surface area contributed by atoms with Crippen LogP contribution in [0.2, 0.25) is 0 Å². The van der Waals surface area contributed by atoms with Gasteiger partial charge in [0.1, 0.15) is 12.4 Å². The van der Waals surface area contributed by atoms with Crippen LogP contribution >= 0.6 is 15.9 Å². The van der Waals surface area contributed by atoms with Crippen LogP contribution in [0.4, 0.5) is 10.5 Å². The molecule has 0 atom stereocenters. The van der Waals surface area contributed by atoms with Crippen molar-refractivity contribution in [1.82, 2.24) is 0 Å². The molecule has 20 heavy (non-hydrogen) atoms. The van der Waals surface area contributed by atoms with Crippen molar-refractivity contribution in [3.05, 3.63) is 58.6 Å². The zero-order valence-corrected chi connectivity index (χ0v) is 12.5. The molecule has 0 radical (unpaired) electrons. The molecule has 0 aliphatic rings. The summed E-state index contributed by atoms with van der Waals surface area (Å²) in [5.41, 5.74) is 1.50. The Morgan fingerprint density at radius 1 is 1.20 bits per heavy atom. The van der Waals surface area contributed by atoms with Crippen LogP contribution in [0, 0.1) is 0 Å². The zero-order valence-electron chi connectivity index (χ0n) is 10.9. The molecule has 2 aromatic carbocycles. The molecule has 0 aliphatic heterocycles. The Bertz CT molecular complexity index is 587. The number of methoxy groups -OCH3 is 1. The van der Waals surface area contributed by atoms with Crippen LogP contribution in [0.25, 0.3) is 0 Å². The summed E-state index contributed by atoms with van der Waals surface area (Å²) in [6.07, 6.45) is -0.519. The number of amides is 1. The van der Waals surface area contributed by atoms with Crippen molar-refractivity contribution in [3.8, 4) is 5.75 Å². The fourth-order valence-corrected chi connectivity index (χ4v) is 1.98. The second kappa shape index (κ2) is 6.96. The van der Waals surface area contributed by atoms with Crippen molar-refractivity contribution in [2.24, 2.45) is 0 Å². The number of rotatable bonds is 4. The molecule has 0 unspecified atom stereocenters. The van der Waals surface area contributed by atoms with Crippen LogP contribution in [0.15, 0.2) is 53.0 Å². The number of benzene rings is 2. The number of ether oxygens (including phenoxy) is 2. The first kappa shape index (κ1) is 14.4. The van der Waals surface area contributed by atoms with Gasteiger partial charge >= 0.3 is 6.09 Å². The van der Waals surface area contributed by atoms with Crippen molar-refractivity contribution < 1.29 is 14.3 Å². The molecule has 0 heterocycles. The van der Waals surface area contributed by atoms with E-state index in [-0.39, 0.29) is 6.61 Å². The maximum absolute atomic E-state index is 11.7. The summed E-state index contributed by atoms with van der Waals surface area (Å²) in [6, 6.07) is 14.8. The van der Waals surface area contributed by atoms with Gasteiger partial charge in [-0.3, -0.25) is 5.32 Å². The topological polar surface area (TPSA) is 47.6 Å². The highest BCUT2D eigenvalue weighted by atomic mass is 79.9. The van der Waals surface area contributed by atoms with E-state index in [2.05, 4.69) is 21.2 Å². The summed E-state index contributed by atoms with van der Waals surface area (Å²) < 4.78 is 11.2. The summed E-state index contributed by atoms with van der Waals surface area (Å²) in [6.45, 7) is 0.228. The number of hydrogen-bond acceptors (Lipinski definition) is 3. The second-order valence-electron chi connectivity index (χ2n) is 4.03. The van der Waals surface area contributed by atoms with E-state index in [1.165, 1.54) is 0 Å². The van der Waals surface area contributed by atoms with E-state index in [0.29, 0.717) is 11.4 Å². The van der Waals surface area contributed by atoms with Crippen molar-refractivity contribution in [2.45, 2.75) is 6.61 Å². The Labute approximate surface area is 125 Å². The van der Waals surface area contributed by atoms with Crippen LogP contribution in [0.5, 0.6) is 5.75 Å². The van der Waals surface area contributed by atoms with Crippen molar-refractivity contribution in [3.63, 3.8) is 0 Å². The fraction of sp³-hybridized carbons (Fsp3) is 0.133. The van der Waals surface area contributed by atoms with E-state index in [0.717, 1.165) is 10.0 Å². The van der Waals surface area contributed by atoms with Crippen LogP contribution in [-0.4, -0.2) is 13.2 Å². The lowest BCUT2D eigenvalue weighted by Gasteiger charge is -2.11. The van der Waals surface area contributed by atoms with E-state index < -0.39 is 6.09 Å². The normalized spacial score (nSPS) is 9.90. The molecule has 0 saturated heterocycles. The zero-order chi connectivity index (χ0) is 14.4. The van der Waals surface area contributed by atoms with Gasteiger partial charge in [-0.1, -0.05) is 46.3 Å². The summed E-state index contributed by atoms with van der Waals surface area (Å²) in [5, 5.41) is 2.65. The van der Waals surface area contributed by atoms with Gasteiger partial charge in [-0.05, 0) is 23.8 Å². The molecule has 0 fully saturated rings. The molecule has 0 aliphatic carbocycles. The molecule has 5 heteroatoms. The highest BCUT2D eigenvalue weighted by Crippen LogP contribution is 2.28. The molecule has 104 valence electrons. The third-order valence-corrected chi connectivity index (χ3v) is 3.11. The number of nitrogens with one attached hydrogen (secondary N) is 1. The Balaban J connectivity index is 1.95. The van der Waals surface area contributed by atoms with Gasteiger partial charge in [-0.15, -0.1) is 0 Å². The van der Waals surface area contributed by atoms with Gasteiger partial charge in [-0.2, -0.15) is 0 Å². The lowest BCUT2D eigenvalue weighted by atomic mass is 10.2. The van der Waals surface area contributed by atoms with E-state index in [1.807, 2.05) is 36.4 Å². The third-order valence-electron chi connectivity index (χ3n) is 2.61. The molecule has 2 aromatic rings. The summed E-state index contributed by atoms with van der Waals surface area (Å²) in [5.74, 6) is 0.566. The molecular formula is C15H14BrNO3. The minimum atomic E-state index is -0.519. The average molecular weight is 336 g/mol. The standard InChI is InChI=1S/C15H14BrNO3/c1-19-14-9-12(16)7-8-13(14)17-15(18)20-10-11-5-3-2-4-6-11/h2-9H,10H2,1H3,(H,17,18). The van der Waals surface area contributed by atoms with Crippen molar-refractivity contribution >= 4 is 27.7 Å². The molecule has 4 nitrogen and oxygen atoms in total. The maximum Gasteiger partial charge on any atom is 0.412 e. The predicted molar refractivity (Wildman–Crippen MR) is 80.9 cm³/mol. The smallest absolute Gasteiger partial charge is 0.412 e. The molecule has 2 rings (SSSR count). The molecular weight excluding hydrogens is 322 g/mol. The predicted octanol–water partition coefficient (Wildman–Crippen LogP) is 4.21. The van der Waals surface area contributed by atoms with E-state index >= 15 is 0 Å². The van der Waals surface area contributed by atoms with Gasteiger partial charge in [0.05, 0.1) is 12.8 Å². The SMILES string of the molecule is COc1cc(Br)ccc1NC(=O)OCc1ccccc1. The Kier molecular flexibility index (Phi) is 5.01. The number of halogens is 1. The quantitative estimate of drug-likeness (QED) is 0.910. The lowest BCUT2D eigenvalue weighted by molar-refractivity contribution is 0.155. The van der Waals surface area contributed by atoms with Crippen LogP contribution in [-0.2, 0) is 11.3 Å². The lowest BCUT2D eigenvalue weighted by Crippen LogP contribution is -2.14. The van der Waals surface area contributed by atoms with Gasteiger partial charge in [0.2, 0.25) is 0 Å². The van der Waals surface area contributed by atoms with Crippen LogP contribution in [0.3, 0.4) is 0 Å². The van der Waals surface area contributed by atoms with Gasteiger partial charge < -0.3 is 9.47 Å². The summed E-state index contributed by atoms with van der Waals surface area (Å²) in [7, 11) is 1.54. The fourth-order valence-electron chi connectivity index (χ4n) is 1.64. The summed E-state index contributed by atoms with van der Waals surface area (Å²) >= 11 is 3.34. The highest BCUT2D eigenvalue weighted by molar-refractivity contribution is 9.10. The third kappa shape index (κ3) is 3.99. The van der Waals surface area contributed by atoms with Crippen LogP contribution in [0.1, 0.15) is 5.56 Å². The average Bonchev–Trinajstić information content (AvgIpc) is 2.48. The van der Waals surface area contributed by atoms with Crippen LogP contribution < -0.4 is 10.1 Å². The minimum absolute atomic E-state index is 0.228. The minimum Gasteiger partial charge on any atom is -0.495 e. The van der Waals surface area contributed by atoms with Gasteiger partial charge in [0.25, 0.3) is 0 Å². The van der Waals surface area contributed by atoms with E-state index in [9.17, 15) is 4.79 Å². The number of carbonyl (C=O) groups excluding carboxylic acids is 1. The Hall–Kier alpha value is -2.01. The number of hydrogen-bond donors (Lipinski definition) is 1. The first-order chi connectivity index (χ1) is 9.69. The maximum atomic E-state index is 11.7. The Morgan fingerprint density at radius 2 is 1.95 bits per heavy atom. The van der Waals surface area contributed by atoms with Gasteiger partial charge in [0.15, 0.2) is 0 Å². The monoisotopic (exact) mass is 335 g/mol. The molecule has 0 aromatic heterocycles. The second-order valence-corrected chi connectivity index (χ2v) is 4.95. The number of carbonyl (C=O) groups is 1. The van der Waals surface area contributed by atoms with Crippen molar-refractivity contribution in [2.75, 3.05) is 12.4 Å². The summed E-state index contributed by atoms with van der Waals surface area (Å²) in [4.78, 5) is 11.7. The van der Waals surface area contributed by atoms with E-state index in [4.69, 9.17) is 9.47 Å². The highest BCUT2D eigenvalue weighted by Gasteiger charge is 2.08. The largest absolute Gasteiger partial charge is 0.495 e. The van der Waals surface area contributed by atoms with Gasteiger partial charge in [-0.25, -0.2) is 4.79 Å². The number of anilines is 1. The van der Waals surface area contributed by atoms with Crippen molar-refractivity contribution in [1.29, 1.82) is 0 Å². The molecule has 1 N–H and O–H groups in total. The first-order valence-corrected chi connectivity index (χ1v) is 6.79. The molecule has 0 bridgehead atoms. The Morgan fingerprint density at radius 3 is 2.65 bits per heavy atom. The molecule has 0 spiro atoms. The molecule has 1 amide bonds. The van der Waals surface area contributed by atoms with Gasteiger partial charge in [0, 0.05) is 4.47 Å². The van der Waals surface area contributed by atoms with E-state index in [1.54, 1.807) is 19.2 Å².